The number of hydrogen-bond donors (Lipinski definition) is 2. The highest BCUT2D eigenvalue weighted by Crippen LogP contribution is 2.30. The summed E-state index contributed by atoms with van der Waals surface area (Å²) in [5, 5.41) is 13.7. The topological polar surface area (TPSA) is 85.1 Å². The normalized spacial score (nSPS) is 13.1. The molecular formula is C36H33N5O2. The highest BCUT2D eigenvalue weighted by atomic mass is 16.5. The number of anilines is 1. The lowest BCUT2D eigenvalue weighted by Gasteiger charge is -2.18. The van der Waals surface area contributed by atoms with Gasteiger partial charge in [0, 0.05) is 0 Å². The van der Waals surface area contributed by atoms with E-state index in [0.717, 1.165) is 29.7 Å². The third-order valence-electron chi connectivity index (χ3n) is 8.02. The minimum Gasteiger partial charge on any atom is -0.424 e. The maximum atomic E-state index is 10.3. The lowest BCUT2D eigenvalue weighted by Crippen LogP contribution is -2.27. The van der Waals surface area contributed by atoms with Crippen LogP contribution in [-0.2, 0) is 25.8 Å². The number of hydrogen-bond acceptors (Lipinski definition) is 6. The van der Waals surface area contributed by atoms with Gasteiger partial charge in [-0.2, -0.15) is 9.97 Å². The lowest BCUT2D eigenvalue weighted by molar-refractivity contribution is 0.273. The highest BCUT2D eigenvalue weighted by molar-refractivity contribution is 5.83. The quantitative estimate of drug-likeness (QED) is 0.189. The first-order valence-electron chi connectivity index (χ1n) is 14.8. The van der Waals surface area contributed by atoms with Gasteiger partial charge in [-0.3, -0.25) is 0 Å². The molecule has 2 N–H and O–H groups in total. The Kier molecular flexibility index (Phi) is 7.54. The van der Waals surface area contributed by atoms with Crippen molar-refractivity contribution in [2.75, 3.05) is 11.9 Å². The number of aliphatic hydroxyl groups excluding tert-OH is 1. The van der Waals surface area contributed by atoms with Crippen molar-refractivity contribution in [1.82, 2.24) is 19.5 Å². The Morgan fingerprint density at radius 3 is 2.33 bits per heavy atom. The van der Waals surface area contributed by atoms with Crippen LogP contribution in [0.5, 0.6) is 11.8 Å². The zero-order valence-electron chi connectivity index (χ0n) is 23.9. The van der Waals surface area contributed by atoms with Crippen LogP contribution in [-0.4, -0.2) is 37.3 Å². The van der Waals surface area contributed by atoms with Crippen LogP contribution in [0, 0.1) is 0 Å². The Morgan fingerprint density at radius 1 is 0.791 bits per heavy atom. The first kappa shape index (κ1) is 26.9. The van der Waals surface area contributed by atoms with E-state index >= 15 is 0 Å². The van der Waals surface area contributed by atoms with E-state index in [-0.39, 0.29) is 18.7 Å². The summed E-state index contributed by atoms with van der Waals surface area (Å²) in [6.07, 6.45) is 5.78. The molecule has 7 rings (SSSR count). The molecule has 0 aliphatic heterocycles. The van der Waals surface area contributed by atoms with Crippen LogP contribution < -0.4 is 10.1 Å². The lowest BCUT2D eigenvalue weighted by atomic mass is 10.0. The monoisotopic (exact) mass is 567 g/mol. The van der Waals surface area contributed by atoms with Crippen molar-refractivity contribution in [2.45, 2.75) is 38.3 Å². The van der Waals surface area contributed by atoms with Gasteiger partial charge in [0.25, 0.3) is 0 Å². The number of aliphatic hydroxyl groups is 1. The van der Waals surface area contributed by atoms with Gasteiger partial charge in [-0.25, -0.2) is 4.98 Å². The molecule has 6 aromatic rings. The summed E-state index contributed by atoms with van der Waals surface area (Å²) in [5.74, 6) is 1.26. The van der Waals surface area contributed by atoms with Crippen LogP contribution in [0.1, 0.15) is 28.7 Å². The number of rotatable bonds is 10. The van der Waals surface area contributed by atoms with Crippen molar-refractivity contribution in [1.29, 1.82) is 0 Å². The average Bonchev–Trinajstić information content (AvgIpc) is 3.69. The van der Waals surface area contributed by atoms with Gasteiger partial charge in [0.2, 0.25) is 0 Å². The van der Waals surface area contributed by atoms with Gasteiger partial charge in [0.1, 0.15) is 5.75 Å². The molecule has 0 radical (unpaired) electrons. The van der Waals surface area contributed by atoms with E-state index in [9.17, 15) is 5.11 Å². The van der Waals surface area contributed by atoms with Crippen molar-refractivity contribution in [3.05, 3.63) is 132 Å². The zero-order chi connectivity index (χ0) is 29.0. The number of imidazole rings is 1. The number of nitrogens with zero attached hydrogens (tertiary/aromatic N) is 4. The second-order valence-electron chi connectivity index (χ2n) is 11.1. The smallest absolute Gasteiger partial charge is 0.326 e. The Balaban J connectivity index is 1.21. The molecule has 0 amide bonds. The number of benzene rings is 4. The number of fused-ring (bicyclic) bond motifs is 2. The Bertz CT molecular complexity index is 1840. The predicted molar refractivity (Wildman–Crippen MR) is 169 cm³/mol. The van der Waals surface area contributed by atoms with Gasteiger partial charge < -0.3 is 19.7 Å². The minimum atomic E-state index is -0.260. The maximum Gasteiger partial charge on any atom is 0.326 e. The summed E-state index contributed by atoms with van der Waals surface area (Å²) in [6.45, 7) is 0.531. The van der Waals surface area contributed by atoms with Crippen molar-refractivity contribution in [3.63, 3.8) is 0 Å². The molecule has 7 nitrogen and oxygen atoms in total. The fraction of sp³-hybridized carbons (Fsp3) is 0.194. The van der Waals surface area contributed by atoms with E-state index in [1.165, 1.54) is 28.7 Å². The molecular weight excluding hydrogens is 534 g/mol. The molecule has 0 fully saturated rings. The third-order valence-corrected chi connectivity index (χ3v) is 8.02. The molecule has 0 spiro atoms. The molecule has 0 saturated carbocycles. The molecule has 214 valence electrons. The predicted octanol–water partition coefficient (Wildman–Crippen LogP) is 6.84. The molecule has 1 aliphatic rings. The average molecular weight is 568 g/mol. The summed E-state index contributed by atoms with van der Waals surface area (Å²) in [4.78, 5) is 14.3. The largest absolute Gasteiger partial charge is 0.424 e. The molecule has 1 aliphatic carbocycles. The molecule has 7 heteroatoms. The number of aryl methyl sites for hydroxylation is 2. The summed E-state index contributed by atoms with van der Waals surface area (Å²) in [7, 11) is 0. The third kappa shape index (κ3) is 5.98. The molecule has 2 aromatic heterocycles. The fourth-order valence-corrected chi connectivity index (χ4v) is 5.79. The molecule has 0 saturated heterocycles. The van der Waals surface area contributed by atoms with E-state index in [1.54, 1.807) is 6.33 Å². The summed E-state index contributed by atoms with van der Waals surface area (Å²) < 4.78 is 8.27. The van der Waals surface area contributed by atoms with Gasteiger partial charge in [0.15, 0.2) is 17.0 Å². The number of ether oxygens (including phenoxy) is 1. The second-order valence-corrected chi connectivity index (χ2v) is 11.1. The van der Waals surface area contributed by atoms with Gasteiger partial charge >= 0.3 is 6.01 Å². The minimum absolute atomic E-state index is 0.0596. The molecule has 4 aromatic carbocycles. The van der Waals surface area contributed by atoms with Crippen LogP contribution in [0.3, 0.4) is 0 Å². The molecule has 0 bridgehead atoms. The highest BCUT2D eigenvalue weighted by Gasteiger charge is 2.19. The molecule has 2 heterocycles. The van der Waals surface area contributed by atoms with Crippen molar-refractivity contribution in [3.8, 4) is 22.9 Å². The Hall–Kier alpha value is -5.01. The first-order chi connectivity index (χ1) is 21.2. The van der Waals surface area contributed by atoms with Crippen LogP contribution in [0.15, 0.2) is 109 Å². The van der Waals surface area contributed by atoms with E-state index in [2.05, 4.69) is 78.1 Å². The van der Waals surface area contributed by atoms with Gasteiger partial charge in [-0.05, 0) is 71.2 Å². The van der Waals surface area contributed by atoms with E-state index in [0.29, 0.717) is 29.9 Å². The van der Waals surface area contributed by atoms with Crippen molar-refractivity contribution in [2.24, 2.45) is 0 Å². The number of nitrogens with one attached hydrogen (secondary N) is 1. The Morgan fingerprint density at radius 2 is 1.53 bits per heavy atom. The maximum absolute atomic E-state index is 10.3. The van der Waals surface area contributed by atoms with Crippen LogP contribution >= 0.6 is 0 Å². The molecule has 43 heavy (non-hydrogen) atoms. The fourth-order valence-electron chi connectivity index (χ4n) is 5.79. The van der Waals surface area contributed by atoms with Crippen LogP contribution in [0.25, 0.3) is 22.3 Å². The van der Waals surface area contributed by atoms with Crippen LogP contribution in [0.2, 0.25) is 0 Å². The van der Waals surface area contributed by atoms with Gasteiger partial charge in [-0.1, -0.05) is 91.0 Å². The first-order valence-corrected chi connectivity index (χ1v) is 14.8. The van der Waals surface area contributed by atoms with Gasteiger partial charge in [0.05, 0.1) is 25.5 Å². The van der Waals surface area contributed by atoms with Crippen LogP contribution in [0.4, 0.5) is 5.82 Å². The summed E-state index contributed by atoms with van der Waals surface area (Å²) in [5.41, 5.74) is 8.62. The molecule has 1 atom stereocenters. The second kappa shape index (κ2) is 12.1. The standard InChI is InChI=1S/C36H33N5O2/c42-23-31(20-25-8-3-1-4-9-25)38-34-33-35(40-36(39-34)43-32-19-18-28-12-7-13-30(28)21-32)41(24-37-33)22-26-14-16-29(17-15-26)27-10-5-2-6-11-27/h1-6,8-11,14-19,21,24,31,42H,7,12-13,20,22-23H2,(H,38,39,40)/t31-/m1/s1. The Labute approximate surface area is 250 Å². The van der Waals surface area contributed by atoms with E-state index in [1.807, 2.05) is 34.9 Å². The molecule has 0 unspecified atom stereocenters. The SMILES string of the molecule is OC[C@@H](Cc1ccccc1)Nc1nc(Oc2ccc3c(c2)CCC3)nc2c1ncn2Cc1ccc(-c2ccccc2)cc1. The number of aromatic nitrogens is 4. The van der Waals surface area contributed by atoms with Gasteiger partial charge in [-0.15, -0.1) is 0 Å². The zero-order valence-corrected chi connectivity index (χ0v) is 23.9. The van der Waals surface area contributed by atoms with Crippen molar-refractivity contribution >= 4 is 17.0 Å². The van der Waals surface area contributed by atoms with E-state index in [4.69, 9.17) is 19.7 Å². The van der Waals surface area contributed by atoms with Crippen molar-refractivity contribution < 1.29 is 9.84 Å². The summed E-state index contributed by atoms with van der Waals surface area (Å²) in [6, 6.07) is 35.2. The summed E-state index contributed by atoms with van der Waals surface area (Å²) >= 11 is 0. The van der Waals surface area contributed by atoms with E-state index < -0.39 is 0 Å².